The number of nitrogens with one attached hydrogen (secondary N) is 1. The molecule has 2 aromatic rings. The van der Waals surface area contributed by atoms with E-state index in [1.807, 2.05) is 24.3 Å². The number of rotatable bonds is 4. The highest BCUT2D eigenvalue weighted by molar-refractivity contribution is 9.10. The summed E-state index contributed by atoms with van der Waals surface area (Å²) in [6, 6.07) is 9.14. The molecule has 7 heteroatoms. The number of hydrogen-bond donors (Lipinski definition) is 1. The van der Waals surface area contributed by atoms with Crippen molar-refractivity contribution >= 4 is 33.5 Å². The van der Waals surface area contributed by atoms with E-state index in [-0.39, 0.29) is 5.91 Å². The second-order valence-corrected chi connectivity index (χ2v) is 6.45. The van der Waals surface area contributed by atoms with Crippen LogP contribution < -0.4 is 10.2 Å². The smallest absolute Gasteiger partial charge is 0.274 e. The first-order valence-corrected chi connectivity index (χ1v) is 8.83. The number of halogens is 1. The Labute approximate surface area is 150 Å². The SMILES string of the molecule is CCN1CCN(c2nccc(C(=O)Nc3ccccc3Br)n2)CC1. The molecule has 0 radical (unpaired) electrons. The Morgan fingerprint density at radius 2 is 1.96 bits per heavy atom. The third-order valence-corrected chi connectivity index (χ3v) is 4.79. The van der Waals surface area contributed by atoms with Gasteiger partial charge in [0.1, 0.15) is 5.69 Å². The molecule has 1 aliphatic rings. The molecule has 3 rings (SSSR count). The number of aromatic nitrogens is 2. The highest BCUT2D eigenvalue weighted by atomic mass is 79.9. The Morgan fingerprint density at radius 3 is 2.67 bits per heavy atom. The van der Waals surface area contributed by atoms with Gasteiger partial charge in [-0.3, -0.25) is 4.79 Å². The van der Waals surface area contributed by atoms with E-state index in [1.54, 1.807) is 12.3 Å². The van der Waals surface area contributed by atoms with Crippen LogP contribution in [0.15, 0.2) is 41.0 Å². The Morgan fingerprint density at radius 1 is 1.21 bits per heavy atom. The highest BCUT2D eigenvalue weighted by Crippen LogP contribution is 2.22. The quantitative estimate of drug-likeness (QED) is 0.870. The van der Waals surface area contributed by atoms with Crippen LogP contribution in [0.4, 0.5) is 11.6 Å². The predicted molar refractivity (Wildman–Crippen MR) is 98.5 cm³/mol. The van der Waals surface area contributed by atoms with E-state index in [4.69, 9.17) is 0 Å². The first-order valence-electron chi connectivity index (χ1n) is 8.03. The molecular weight excluding hydrogens is 370 g/mol. The fraction of sp³-hybridized carbons (Fsp3) is 0.353. The lowest BCUT2D eigenvalue weighted by Gasteiger charge is -2.34. The van der Waals surface area contributed by atoms with Crippen molar-refractivity contribution in [3.63, 3.8) is 0 Å². The van der Waals surface area contributed by atoms with Crippen LogP contribution in [0.1, 0.15) is 17.4 Å². The zero-order chi connectivity index (χ0) is 16.9. The van der Waals surface area contributed by atoms with Gasteiger partial charge in [0.2, 0.25) is 5.95 Å². The fourth-order valence-electron chi connectivity index (χ4n) is 2.64. The summed E-state index contributed by atoms with van der Waals surface area (Å²) < 4.78 is 0.836. The van der Waals surface area contributed by atoms with E-state index in [0.29, 0.717) is 11.6 Å². The van der Waals surface area contributed by atoms with E-state index in [1.165, 1.54) is 0 Å². The lowest BCUT2D eigenvalue weighted by Crippen LogP contribution is -2.46. The minimum atomic E-state index is -0.238. The number of anilines is 2. The molecule has 1 aliphatic heterocycles. The van der Waals surface area contributed by atoms with Crippen LogP contribution in [0.3, 0.4) is 0 Å². The van der Waals surface area contributed by atoms with Crippen molar-refractivity contribution in [2.75, 3.05) is 42.9 Å². The first-order chi connectivity index (χ1) is 11.7. The molecule has 0 saturated carbocycles. The van der Waals surface area contributed by atoms with Crippen molar-refractivity contribution in [1.29, 1.82) is 0 Å². The Kier molecular flexibility index (Phi) is 5.42. The molecular formula is C17H20BrN5O. The van der Waals surface area contributed by atoms with Crippen LogP contribution in [0.5, 0.6) is 0 Å². The van der Waals surface area contributed by atoms with Crippen LogP contribution >= 0.6 is 15.9 Å². The normalized spacial score (nSPS) is 15.3. The van der Waals surface area contributed by atoms with E-state index < -0.39 is 0 Å². The van der Waals surface area contributed by atoms with Gasteiger partial charge in [0.05, 0.1) is 5.69 Å². The molecule has 1 amide bonds. The van der Waals surface area contributed by atoms with Crippen LogP contribution in [0, 0.1) is 0 Å². The van der Waals surface area contributed by atoms with Crippen LogP contribution in [0.2, 0.25) is 0 Å². The van der Waals surface area contributed by atoms with Crippen molar-refractivity contribution in [3.8, 4) is 0 Å². The predicted octanol–water partition coefficient (Wildman–Crippen LogP) is 2.63. The average molecular weight is 390 g/mol. The van der Waals surface area contributed by atoms with Gasteiger partial charge in [-0.05, 0) is 40.7 Å². The molecule has 1 fully saturated rings. The lowest BCUT2D eigenvalue weighted by molar-refractivity contribution is 0.102. The van der Waals surface area contributed by atoms with Gasteiger partial charge < -0.3 is 15.1 Å². The van der Waals surface area contributed by atoms with Crippen LogP contribution in [0.25, 0.3) is 0 Å². The molecule has 0 unspecified atom stereocenters. The number of piperazine rings is 1. The largest absolute Gasteiger partial charge is 0.338 e. The average Bonchev–Trinajstić information content (AvgIpc) is 2.64. The maximum absolute atomic E-state index is 12.5. The number of carbonyl (C=O) groups excluding carboxylic acids is 1. The summed E-state index contributed by atoms with van der Waals surface area (Å²) in [4.78, 5) is 25.7. The number of benzene rings is 1. The fourth-order valence-corrected chi connectivity index (χ4v) is 3.02. The molecule has 1 saturated heterocycles. The number of likely N-dealkylation sites (N-methyl/N-ethyl adjacent to an activating group) is 1. The van der Waals surface area contributed by atoms with Crippen molar-refractivity contribution in [3.05, 3.63) is 46.7 Å². The lowest BCUT2D eigenvalue weighted by atomic mass is 10.3. The second-order valence-electron chi connectivity index (χ2n) is 5.60. The minimum Gasteiger partial charge on any atom is -0.338 e. The number of nitrogens with zero attached hydrogens (tertiary/aromatic N) is 4. The van der Waals surface area contributed by atoms with Crippen molar-refractivity contribution in [2.24, 2.45) is 0 Å². The number of amides is 1. The number of hydrogen-bond acceptors (Lipinski definition) is 5. The zero-order valence-corrected chi connectivity index (χ0v) is 15.2. The molecule has 2 heterocycles. The molecule has 24 heavy (non-hydrogen) atoms. The second kappa shape index (κ2) is 7.72. The van der Waals surface area contributed by atoms with Gasteiger partial charge in [-0.1, -0.05) is 19.1 Å². The van der Waals surface area contributed by atoms with E-state index in [0.717, 1.165) is 42.9 Å². The number of para-hydroxylation sites is 1. The van der Waals surface area contributed by atoms with Gasteiger partial charge in [-0.2, -0.15) is 0 Å². The van der Waals surface area contributed by atoms with Gasteiger partial charge >= 0.3 is 0 Å². The van der Waals surface area contributed by atoms with Crippen molar-refractivity contribution in [1.82, 2.24) is 14.9 Å². The van der Waals surface area contributed by atoms with Gasteiger partial charge in [0.25, 0.3) is 5.91 Å². The summed E-state index contributed by atoms with van der Waals surface area (Å²) in [6.45, 7) is 6.97. The summed E-state index contributed by atoms with van der Waals surface area (Å²) >= 11 is 3.43. The van der Waals surface area contributed by atoms with E-state index in [2.05, 4.69) is 47.9 Å². The molecule has 126 valence electrons. The van der Waals surface area contributed by atoms with Gasteiger partial charge in [-0.25, -0.2) is 9.97 Å². The van der Waals surface area contributed by atoms with Crippen LogP contribution in [-0.2, 0) is 0 Å². The maximum Gasteiger partial charge on any atom is 0.274 e. The summed E-state index contributed by atoms with van der Waals surface area (Å²) in [6.07, 6.45) is 1.64. The van der Waals surface area contributed by atoms with Crippen molar-refractivity contribution < 1.29 is 4.79 Å². The molecule has 0 atom stereocenters. The minimum absolute atomic E-state index is 0.238. The molecule has 0 spiro atoms. The Balaban J connectivity index is 1.71. The summed E-state index contributed by atoms with van der Waals surface area (Å²) in [7, 11) is 0. The highest BCUT2D eigenvalue weighted by Gasteiger charge is 2.19. The van der Waals surface area contributed by atoms with Crippen molar-refractivity contribution in [2.45, 2.75) is 6.92 Å². The molecule has 1 N–H and O–H groups in total. The first kappa shape index (κ1) is 16.9. The molecule has 6 nitrogen and oxygen atoms in total. The monoisotopic (exact) mass is 389 g/mol. The van der Waals surface area contributed by atoms with E-state index in [9.17, 15) is 4.79 Å². The summed E-state index contributed by atoms with van der Waals surface area (Å²) in [5, 5.41) is 2.87. The van der Waals surface area contributed by atoms with Crippen LogP contribution in [-0.4, -0.2) is 53.5 Å². The Hall–Kier alpha value is -1.99. The van der Waals surface area contributed by atoms with E-state index >= 15 is 0 Å². The third kappa shape index (κ3) is 3.91. The zero-order valence-electron chi connectivity index (χ0n) is 13.6. The third-order valence-electron chi connectivity index (χ3n) is 4.10. The molecule has 0 bridgehead atoms. The summed E-state index contributed by atoms with van der Waals surface area (Å²) in [5.41, 5.74) is 1.09. The van der Waals surface area contributed by atoms with Gasteiger partial charge in [-0.15, -0.1) is 0 Å². The summed E-state index contributed by atoms with van der Waals surface area (Å²) in [5.74, 6) is 0.378. The standard InChI is InChI=1S/C17H20BrN5O/c1-2-22-9-11-23(12-10-22)17-19-8-7-15(21-17)16(24)20-14-6-4-3-5-13(14)18/h3-8H,2,9-12H2,1H3,(H,20,24). The topological polar surface area (TPSA) is 61.4 Å². The van der Waals surface area contributed by atoms with Gasteiger partial charge in [0, 0.05) is 36.8 Å². The molecule has 1 aromatic heterocycles. The Bertz CT molecular complexity index is 716. The van der Waals surface area contributed by atoms with Gasteiger partial charge in [0.15, 0.2) is 0 Å². The number of carbonyl (C=O) groups is 1. The maximum atomic E-state index is 12.5. The molecule has 1 aromatic carbocycles. The molecule has 0 aliphatic carbocycles.